The summed E-state index contributed by atoms with van der Waals surface area (Å²) < 4.78 is 5.54. The number of hydrogen-bond acceptors (Lipinski definition) is 4. The Bertz CT molecular complexity index is 914. The van der Waals surface area contributed by atoms with Crippen LogP contribution >= 0.6 is 0 Å². The first-order chi connectivity index (χ1) is 13.0. The molecule has 2 aliphatic rings. The molecule has 1 saturated heterocycles. The third-order valence-electron chi connectivity index (χ3n) is 4.95. The van der Waals surface area contributed by atoms with Gasteiger partial charge in [0.15, 0.2) is 0 Å². The third-order valence-corrected chi connectivity index (χ3v) is 4.95. The molecule has 27 heavy (non-hydrogen) atoms. The summed E-state index contributed by atoms with van der Waals surface area (Å²) >= 11 is 0. The molecule has 0 aliphatic carbocycles. The zero-order chi connectivity index (χ0) is 19.0. The van der Waals surface area contributed by atoms with Gasteiger partial charge in [-0.05, 0) is 50.1 Å². The van der Waals surface area contributed by atoms with E-state index in [0.29, 0.717) is 23.4 Å². The van der Waals surface area contributed by atoms with Crippen LogP contribution in [0.2, 0.25) is 0 Å². The summed E-state index contributed by atoms with van der Waals surface area (Å²) in [5.41, 5.74) is 2.73. The fourth-order valence-corrected chi connectivity index (χ4v) is 3.43. The third kappa shape index (κ3) is 3.36. The summed E-state index contributed by atoms with van der Waals surface area (Å²) in [4.78, 5) is 39.0. The first-order valence-corrected chi connectivity index (χ1v) is 9.03. The van der Waals surface area contributed by atoms with Crippen LogP contribution in [0.3, 0.4) is 0 Å². The SMILES string of the molecule is Cc1ccc(NC(=O)c2ccc3c(c2)C(=O)N(CC2CCCO2)C3=O)cc1. The van der Waals surface area contributed by atoms with E-state index in [0.717, 1.165) is 18.4 Å². The Morgan fingerprint density at radius 1 is 1.11 bits per heavy atom. The second kappa shape index (κ2) is 6.96. The average Bonchev–Trinajstić information content (AvgIpc) is 3.26. The lowest BCUT2D eigenvalue weighted by Gasteiger charge is -2.17. The molecular formula is C21H20N2O4. The summed E-state index contributed by atoms with van der Waals surface area (Å²) in [6.07, 6.45) is 1.69. The van der Waals surface area contributed by atoms with Crippen molar-refractivity contribution in [2.24, 2.45) is 0 Å². The molecule has 2 aliphatic heterocycles. The van der Waals surface area contributed by atoms with Crippen molar-refractivity contribution in [3.8, 4) is 0 Å². The number of benzene rings is 2. The predicted molar refractivity (Wildman–Crippen MR) is 99.9 cm³/mol. The number of rotatable bonds is 4. The molecule has 6 heteroatoms. The number of carbonyl (C=O) groups excluding carboxylic acids is 3. The van der Waals surface area contributed by atoms with Crippen molar-refractivity contribution >= 4 is 23.4 Å². The van der Waals surface area contributed by atoms with Crippen LogP contribution in [0.1, 0.15) is 49.5 Å². The molecule has 2 aromatic carbocycles. The standard InChI is InChI=1S/C21H20N2O4/c1-13-4-7-15(8-5-13)22-19(24)14-6-9-17-18(11-14)21(26)23(20(17)25)12-16-3-2-10-27-16/h4-9,11,16H,2-3,10,12H2,1H3,(H,22,24). The fraction of sp³-hybridized carbons (Fsp3) is 0.286. The van der Waals surface area contributed by atoms with Crippen LogP contribution in [0.25, 0.3) is 0 Å². The maximum atomic E-state index is 12.7. The zero-order valence-electron chi connectivity index (χ0n) is 15.0. The molecule has 1 fully saturated rings. The highest BCUT2D eigenvalue weighted by atomic mass is 16.5. The summed E-state index contributed by atoms with van der Waals surface area (Å²) in [6, 6.07) is 12.1. The van der Waals surface area contributed by atoms with Gasteiger partial charge in [0.05, 0.1) is 23.8 Å². The number of amides is 3. The van der Waals surface area contributed by atoms with Gasteiger partial charge in [0, 0.05) is 17.9 Å². The molecule has 2 heterocycles. The van der Waals surface area contributed by atoms with Crippen molar-refractivity contribution in [1.82, 2.24) is 4.90 Å². The molecule has 6 nitrogen and oxygen atoms in total. The molecule has 3 amide bonds. The highest BCUT2D eigenvalue weighted by Gasteiger charge is 2.37. The minimum atomic E-state index is -0.365. The number of nitrogens with one attached hydrogen (secondary N) is 1. The number of nitrogens with zero attached hydrogens (tertiary/aromatic N) is 1. The summed E-state index contributed by atoms with van der Waals surface area (Å²) in [7, 11) is 0. The highest BCUT2D eigenvalue weighted by Crippen LogP contribution is 2.26. The van der Waals surface area contributed by atoms with Crippen molar-refractivity contribution in [3.63, 3.8) is 0 Å². The Labute approximate surface area is 157 Å². The van der Waals surface area contributed by atoms with E-state index >= 15 is 0 Å². The number of hydrogen-bond donors (Lipinski definition) is 1. The number of fused-ring (bicyclic) bond motifs is 1. The van der Waals surface area contributed by atoms with Gasteiger partial charge >= 0.3 is 0 Å². The summed E-state index contributed by atoms with van der Waals surface area (Å²) in [6.45, 7) is 2.89. The van der Waals surface area contributed by atoms with Crippen molar-refractivity contribution in [2.45, 2.75) is 25.9 Å². The topological polar surface area (TPSA) is 75.7 Å². The molecule has 0 saturated carbocycles. The molecule has 1 unspecified atom stereocenters. The van der Waals surface area contributed by atoms with E-state index in [-0.39, 0.29) is 35.9 Å². The van der Waals surface area contributed by atoms with Gasteiger partial charge in [0.1, 0.15) is 0 Å². The zero-order valence-corrected chi connectivity index (χ0v) is 15.0. The smallest absolute Gasteiger partial charge is 0.261 e. The Morgan fingerprint density at radius 3 is 2.56 bits per heavy atom. The Balaban J connectivity index is 1.53. The van der Waals surface area contributed by atoms with E-state index < -0.39 is 0 Å². The van der Waals surface area contributed by atoms with E-state index in [1.807, 2.05) is 31.2 Å². The first kappa shape index (κ1) is 17.4. The fourth-order valence-electron chi connectivity index (χ4n) is 3.43. The van der Waals surface area contributed by atoms with Crippen LogP contribution < -0.4 is 5.32 Å². The Hall–Kier alpha value is -2.99. The van der Waals surface area contributed by atoms with Gasteiger partial charge in [-0.3, -0.25) is 19.3 Å². The normalized spacial score (nSPS) is 18.7. The molecule has 0 radical (unpaired) electrons. The van der Waals surface area contributed by atoms with Crippen LogP contribution in [0.5, 0.6) is 0 Å². The van der Waals surface area contributed by atoms with Gasteiger partial charge in [-0.2, -0.15) is 0 Å². The Morgan fingerprint density at radius 2 is 1.85 bits per heavy atom. The molecule has 4 rings (SSSR count). The number of carbonyl (C=O) groups is 3. The van der Waals surface area contributed by atoms with E-state index in [1.54, 1.807) is 12.1 Å². The van der Waals surface area contributed by atoms with Crippen LogP contribution in [0, 0.1) is 6.92 Å². The maximum absolute atomic E-state index is 12.7. The second-order valence-corrected chi connectivity index (χ2v) is 6.94. The van der Waals surface area contributed by atoms with Gasteiger partial charge in [-0.1, -0.05) is 17.7 Å². The van der Waals surface area contributed by atoms with Gasteiger partial charge in [-0.15, -0.1) is 0 Å². The van der Waals surface area contributed by atoms with E-state index in [4.69, 9.17) is 4.74 Å². The second-order valence-electron chi connectivity index (χ2n) is 6.94. The number of imide groups is 1. The van der Waals surface area contributed by atoms with Gasteiger partial charge < -0.3 is 10.1 Å². The molecule has 1 atom stereocenters. The molecule has 1 N–H and O–H groups in total. The molecule has 0 spiro atoms. The number of ether oxygens (including phenoxy) is 1. The van der Waals surface area contributed by atoms with E-state index in [9.17, 15) is 14.4 Å². The van der Waals surface area contributed by atoms with Crippen molar-refractivity contribution in [2.75, 3.05) is 18.5 Å². The van der Waals surface area contributed by atoms with Gasteiger partial charge in [-0.25, -0.2) is 0 Å². The first-order valence-electron chi connectivity index (χ1n) is 9.03. The van der Waals surface area contributed by atoms with Gasteiger partial charge in [0.25, 0.3) is 17.7 Å². The largest absolute Gasteiger partial charge is 0.376 e. The van der Waals surface area contributed by atoms with E-state index in [2.05, 4.69) is 5.32 Å². The summed E-state index contributed by atoms with van der Waals surface area (Å²) in [5.74, 6) is -1.01. The Kier molecular flexibility index (Phi) is 4.49. The van der Waals surface area contributed by atoms with Crippen LogP contribution in [0.4, 0.5) is 5.69 Å². The van der Waals surface area contributed by atoms with Crippen LogP contribution in [-0.2, 0) is 4.74 Å². The molecule has 138 valence electrons. The molecule has 0 aromatic heterocycles. The minimum Gasteiger partial charge on any atom is -0.376 e. The molecule has 2 aromatic rings. The average molecular weight is 364 g/mol. The molecular weight excluding hydrogens is 344 g/mol. The highest BCUT2D eigenvalue weighted by molar-refractivity contribution is 6.22. The van der Waals surface area contributed by atoms with Crippen molar-refractivity contribution in [1.29, 1.82) is 0 Å². The lowest BCUT2D eigenvalue weighted by molar-refractivity contribution is 0.0475. The predicted octanol–water partition coefficient (Wildman–Crippen LogP) is 3.02. The lowest BCUT2D eigenvalue weighted by Crippen LogP contribution is -2.36. The van der Waals surface area contributed by atoms with Crippen LogP contribution in [0.15, 0.2) is 42.5 Å². The number of aryl methyl sites for hydroxylation is 1. The quantitative estimate of drug-likeness (QED) is 0.846. The van der Waals surface area contributed by atoms with Crippen molar-refractivity contribution in [3.05, 3.63) is 64.7 Å². The van der Waals surface area contributed by atoms with Crippen molar-refractivity contribution < 1.29 is 19.1 Å². The van der Waals surface area contributed by atoms with Crippen LogP contribution in [-0.4, -0.2) is 41.9 Å². The van der Waals surface area contributed by atoms with E-state index in [1.165, 1.54) is 11.0 Å². The van der Waals surface area contributed by atoms with Gasteiger partial charge in [0.2, 0.25) is 0 Å². The monoisotopic (exact) mass is 364 g/mol. The summed E-state index contributed by atoms with van der Waals surface area (Å²) in [5, 5.41) is 2.80. The number of anilines is 1. The molecule has 0 bridgehead atoms. The lowest BCUT2D eigenvalue weighted by atomic mass is 10.1. The maximum Gasteiger partial charge on any atom is 0.261 e. The minimum absolute atomic E-state index is 0.100.